The van der Waals surface area contributed by atoms with Gasteiger partial charge in [0.2, 0.25) is 0 Å². The molecule has 1 unspecified atom stereocenters. The summed E-state index contributed by atoms with van der Waals surface area (Å²) < 4.78 is 13.9. The molecule has 0 spiro atoms. The van der Waals surface area contributed by atoms with E-state index >= 15 is 0 Å². The molecule has 0 amide bonds. The van der Waals surface area contributed by atoms with Gasteiger partial charge in [-0.05, 0) is 38.3 Å². The maximum atomic E-state index is 13.9. The number of anilines is 1. The lowest BCUT2D eigenvalue weighted by Crippen LogP contribution is -2.46. The van der Waals surface area contributed by atoms with E-state index in [4.69, 9.17) is 0 Å². The van der Waals surface area contributed by atoms with Gasteiger partial charge in [0.15, 0.2) is 17.6 Å². The predicted octanol–water partition coefficient (Wildman–Crippen LogP) is 2.67. The third-order valence-electron chi connectivity index (χ3n) is 5.23. The zero-order chi connectivity index (χ0) is 18.4. The third-order valence-corrected chi connectivity index (χ3v) is 5.23. The number of pyridine rings is 1. The lowest BCUT2D eigenvalue weighted by molar-refractivity contribution is 0.0131. The monoisotopic (exact) mass is 491 g/mol. The van der Waals surface area contributed by atoms with Crippen LogP contribution in [0.2, 0.25) is 0 Å². The fourth-order valence-electron chi connectivity index (χ4n) is 3.79. The van der Waals surface area contributed by atoms with Crippen LogP contribution in [0, 0.1) is 5.82 Å². The second kappa shape index (κ2) is 10.4. The van der Waals surface area contributed by atoms with Crippen LogP contribution in [0.5, 0.6) is 0 Å². The summed E-state index contributed by atoms with van der Waals surface area (Å²) in [5.41, 5.74) is -0.667. The molecular weight excluding hydrogens is 460 g/mol. The molecule has 1 atom stereocenters. The smallest absolute Gasteiger partial charge is 0.191 e. The molecular formula is C19H31FIN5O. The highest BCUT2D eigenvalue weighted by atomic mass is 127. The van der Waals surface area contributed by atoms with Crippen molar-refractivity contribution < 1.29 is 9.50 Å². The van der Waals surface area contributed by atoms with Crippen molar-refractivity contribution in [2.75, 3.05) is 31.1 Å². The predicted molar refractivity (Wildman–Crippen MR) is 117 cm³/mol. The minimum atomic E-state index is -0.667. The highest BCUT2D eigenvalue weighted by Gasteiger charge is 2.30. The number of hydrogen-bond acceptors (Lipinski definition) is 4. The summed E-state index contributed by atoms with van der Waals surface area (Å²) in [5.74, 6) is 0.850. The topological polar surface area (TPSA) is 72.8 Å². The van der Waals surface area contributed by atoms with Crippen LogP contribution in [0.4, 0.5) is 10.2 Å². The van der Waals surface area contributed by atoms with Gasteiger partial charge in [0.1, 0.15) is 0 Å². The van der Waals surface area contributed by atoms with Crippen LogP contribution < -0.4 is 15.5 Å². The molecule has 0 bridgehead atoms. The van der Waals surface area contributed by atoms with Crippen molar-refractivity contribution in [1.29, 1.82) is 0 Å². The fraction of sp³-hybridized carbons (Fsp3) is 0.684. The van der Waals surface area contributed by atoms with Crippen molar-refractivity contribution in [1.82, 2.24) is 15.6 Å². The maximum absolute atomic E-state index is 13.9. The molecule has 8 heteroatoms. The Balaban J connectivity index is 0.00000261. The molecule has 1 saturated carbocycles. The standard InChI is InChI=1S/C19H30FN5O.HI/c1-2-21-18(23-14-19(26)9-4-3-5-10-19)24-15-8-12-25(13-15)17-16(20)7-6-11-22-17;/h6-7,11,15,26H,2-5,8-10,12-14H2,1H3,(H2,21,23,24);1H. The van der Waals surface area contributed by atoms with Crippen molar-refractivity contribution in [3.05, 3.63) is 24.1 Å². The summed E-state index contributed by atoms with van der Waals surface area (Å²) in [6.45, 7) is 4.65. The van der Waals surface area contributed by atoms with Gasteiger partial charge in [0.25, 0.3) is 0 Å². The number of guanidine groups is 1. The van der Waals surface area contributed by atoms with E-state index in [0.29, 0.717) is 18.9 Å². The summed E-state index contributed by atoms with van der Waals surface area (Å²) in [6, 6.07) is 3.23. The van der Waals surface area contributed by atoms with Gasteiger partial charge < -0.3 is 20.6 Å². The third kappa shape index (κ3) is 6.17. The maximum Gasteiger partial charge on any atom is 0.191 e. The van der Waals surface area contributed by atoms with Crippen LogP contribution in [-0.2, 0) is 0 Å². The van der Waals surface area contributed by atoms with Crippen LogP contribution in [0.15, 0.2) is 23.3 Å². The van der Waals surface area contributed by atoms with Crippen LogP contribution >= 0.6 is 24.0 Å². The van der Waals surface area contributed by atoms with Crippen molar-refractivity contribution in [3.8, 4) is 0 Å². The van der Waals surface area contributed by atoms with Crippen LogP contribution in [0.3, 0.4) is 0 Å². The second-order valence-electron chi connectivity index (χ2n) is 7.36. The van der Waals surface area contributed by atoms with E-state index in [1.54, 1.807) is 12.3 Å². The Morgan fingerprint density at radius 3 is 2.89 bits per heavy atom. The first-order valence-electron chi connectivity index (χ1n) is 9.72. The first kappa shape index (κ1) is 22.1. The number of hydrogen-bond donors (Lipinski definition) is 3. The molecule has 1 saturated heterocycles. The minimum Gasteiger partial charge on any atom is -0.388 e. The van der Waals surface area contributed by atoms with Gasteiger partial charge in [-0.15, -0.1) is 24.0 Å². The van der Waals surface area contributed by atoms with Crippen molar-refractivity contribution in [2.45, 2.75) is 57.1 Å². The van der Waals surface area contributed by atoms with Gasteiger partial charge in [0.05, 0.1) is 12.1 Å². The Kier molecular flexibility index (Phi) is 8.53. The zero-order valence-electron chi connectivity index (χ0n) is 16.0. The van der Waals surface area contributed by atoms with Crippen LogP contribution in [-0.4, -0.2) is 53.9 Å². The first-order valence-corrected chi connectivity index (χ1v) is 9.72. The van der Waals surface area contributed by atoms with Gasteiger partial charge in [0, 0.05) is 31.9 Å². The molecule has 2 heterocycles. The number of rotatable bonds is 5. The second-order valence-corrected chi connectivity index (χ2v) is 7.36. The number of nitrogens with zero attached hydrogens (tertiary/aromatic N) is 3. The average Bonchev–Trinajstić information content (AvgIpc) is 3.09. The quantitative estimate of drug-likeness (QED) is 0.336. The number of aliphatic hydroxyl groups is 1. The average molecular weight is 491 g/mol. The van der Waals surface area contributed by atoms with E-state index in [-0.39, 0.29) is 35.8 Å². The van der Waals surface area contributed by atoms with Crippen molar-refractivity contribution in [3.63, 3.8) is 0 Å². The highest BCUT2D eigenvalue weighted by Crippen LogP contribution is 2.28. The lowest BCUT2D eigenvalue weighted by atomic mass is 9.85. The SMILES string of the molecule is CCNC(=NCC1(O)CCCCC1)NC1CCN(c2ncccc2F)C1.I. The summed E-state index contributed by atoms with van der Waals surface area (Å²) >= 11 is 0. The molecule has 27 heavy (non-hydrogen) atoms. The largest absolute Gasteiger partial charge is 0.388 e. The summed E-state index contributed by atoms with van der Waals surface area (Å²) in [5, 5.41) is 17.3. The number of aliphatic imine (C=N–C) groups is 1. The van der Waals surface area contributed by atoms with Gasteiger partial charge in [-0.2, -0.15) is 0 Å². The Bertz CT molecular complexity index is 624. The van der Waals surface area contributed by atoms with Gasteiger partial charge in [-0.3, -0.25) is 4.99 Å². The van der Waals surface area contributed by atoms with Crippen LogP contribution in [0.1, 0.15) is 45.4 Å². The normalized spacial score (nSPS) is 22.3. The van der Waals surface area contributed by atoms with Gasteiger partial charge in [-0.1, -0.05) is 19.3 Å². The molecule has 2 fully saturated rings. The molecule has 1 aromatic heterocycles. The first-order chi connectivity index (χ1) is 12.6. The number of aromatic nitrogens is 1. The van der Waals surface area contributed by atoms with Gasteiger partial charge in [-0.25, -0.2) is 9.37 Å². The molecule has 2 aliphatic rings. The summed E-state index contributed by atoms with van der Waals surface area (Å²) in [6.07, 6.45) is 7.51. The van der Waals surface area contributed by atoms with Crippen LogP contribution in [0.25, 0.3) is 0 Å². The van der Waals surface area contributed by atoms with Crippen molar-refractivity contribution in [2.24, 2.45) is 4.99 Å². The fourth-order valence-corrected chi connectivity index (χ4v) is 3.79. The zero-order valence-corrected chi connectivity index (χ0v) is 18.3. The lowest BCUT2D eigenvalue weighted by Gasteiger charge is -2.30. The highest BCUT2D eigenvalue weighted by molar-refractivity contribution is 14.0. The number of nitrogens with one attached hydrogen (secondary N) is 2. The molecule has 0 radical (unpaired) electrons. The van der Waals surface area contributed by atoms with E-state index in [1.165, 1.54) is 12.5 Å². The minimum absolute atomic E-state index is 0. The Hall–Kier alpha value is -1.16. The molecule has 1 aromatic rings. The molecule has 6 nitrogen and oxygen atoms in total. The molecule has 0 aromatic carbocycles. The van der Waals surface area contributed by atoms with Crippen molar-refractivity contribution >= 4 is 35.8 Å². The van der Waals surface area contributed by atoms with E-state index < -0.39 is 5.60 Å². The van der Waals surface area contributed by atoms with Gasteiger partial charge >= 0.3 is 0 Å². The number of halogens is 2. The van der Waals surface area contributed by atoms with E-state index in [2.05, 4.69) is 20.6 Å². The Morgan fingerprint density at radius 2 is 2.19 bits per heavy atom. The molecule has 1 aliphatic heterocycles. The van der Waals surface area contributed by atoms with E-state index in [9.17, 15) is 9.50 Å². The summed E-state index contributed by atoms with van der Waals surface area (Å²) in [7, 11) is 0. The Morgan fingerprint density at radius 1 is 1.41 bits per heavy atom. The van der Waals surface area contributed by atoms with E-state index in [1.807, 2.05) is 11.8 Å². The van der Waals surface area contributed by atoms with E-state index in [0.717, 1.165) is 51.2 Å². The molecule has 3 rings (SSSR count). The molecule has 1 aliphatic carbocycles. The summed E-state index contributed by atoms with van der Waals surface area (Å²) in [4.78, 5) is 10.7. The molecule has 152 valence electrons. The Labute approximate surface area is 178 Å². The molecule has 3 N–H and O–H groups in total.